The second kappa shape index (κ2) is 2.22. The molecule has 1 heterocycles. The fraction of sp³-hybridized carbons (Fsp3) is 0.600. The van der Waals surface area contributed by atoms with Crippen molar-refractivity contribution < 1.29 is 4.74 Å². The lowest BCUT2D eigenvalue weighted by Gasteiger charge is -1.93. The van der Waals surface area contributed by atoms with Crippen LogP contribution >= 0.6 is 11.6 Å². The topological polar surface area (TPSA) is 9.23 Å². The molecule has 0 saturated heterocycles. The van der Waals surface area contributed by atoms with Gasteiger partial charge in [-0.05, 0) is 6.08 Å². The Hall–Kier alpha value is -0.170. The molecule has 0 aromatic rings. The molecule has 0 fully saturated rings. The SMILES string of the molecule is ClCC1=CCCO1. The Labute approximate surface area is 47.9 Å². The number of halogens is 1. The fourth-order valence-electron chi connectivity index (χ4n) is 0.562. The monoisotopic (exact) mass is 118 g/mol. The molecule has 40 valence electrons. The van der Waals surface area contributed by atoms with Gasteiger partial charge in [0.15, 0.2) is 0 Å². The van der Waals surface area contributed by atoms with Gasteiger partial charge in [0, 0.05) is 6.42 Å². The zero-order valence-electron chi connectivity index (χ0n) is 3.98. The van der Waals surface area contributed by atoms with Crippen LogP contribution in [0.15, 0.2) is 11.8 Å². The van der Waals surface area contributed by atoms with E-state index >= 15 is 0 Å². The number of rotatable bonds is 1. The van der Waals surface area contributed by atoms with Gasteiger partial charge in [-0.3, -0.25) is 0 Å². The molecule has 1 aliphatic rings. The first kappa shape index (κ1) is 4.98. The van der Waals surface area contributed by atoms with Gasteiger partial charge in [-0.1, -0.05) is 0 Å². The van der Waals surface area contributed by atoms with Gasteiger partial charge < -0.3 is 4.74 Å². The molecule has 0 aromatic carbocycles. The minimum atomic E-state index is 0.528. The molecule has 1 rings (SSSR count). The van der Waals surface area contributed by atoms with Crippen LogP contribution in [0.3, 0.4) is 0 Å². The molecule has 0 amide bonds. The third kappa shape index (κ3) is 1.10. The Kier molecular flexibility index (Phi) is 1.58. The third-order valence-electron chi connectivity index (χ3n) is 0.909. The maximum Gasteiger partial charge on any atom is 0.107 e. The van der Waals surface area contributed by atoms with Crippen LogP contribution in [0.2, 0.25) is 0 Å². The van der Waals surface area contributed by atoms with Gasteiger partial charge in [-0.15, -0.1) is 11.6 Å². The largest absolute Gasteiger partial charge is 0.497 e. The van der Waals surface area contributed by atoms with Gasteiger partial charge in [0.2, 0.25) is 0 Å². The van der Waals surface area contributed by atoms with Crippen molar-refractivity contribution >= 4 is 11.6 Å². The minimum Gasteiger partial charge on any atom is -0.497 e. The second-order valence-electron chi connectivity index (χ2n) is 1.44. The molecule has 0 unspecified atom stereocenters. The van der Waals surface area contributed by atoms with Gasteiger partial charge in [0.05, 0.1) is 12.5 Å². The Morgan fingerprint density at radius 3 is 3.00 bits per heavy atom. The number of ether oxygens (including phenoxy) is 1. The quantitative estimate of drug-likeness (QED) is 0.475. The summed E-state index contributed by atoms with van der Waals surface area (Å²) in [6.07, 6.45) is 3.05. The van der Waals surface area contributed by atoms with Crippen molar-refractivity contribution in [3.05, 3.63) is 11.8 Å². The molecule has 0 atom stereocenters. The molecule has 0 N–H and O–H groups in total. The first-order valence-electron chi connectivity index (χ1n) is 2.31. The van der Waals surface area contributed by atoms with Crippen molar-refractivity contribution in [2.75, 3.05) is 12.5 Å². The molecule has 0 saturated carbocycles. The Bertz CT molecular complexity index is 88.1. The van der Waals surface area contributed by atoms with Gasteiger partial charge in [-0.2, -0.15) is 0 Å². The number of allylic oxidation sites excluding steroid dienone is 1. The highest BCUT2D eigenvalue weighted by molar-refractivity contribution is 6.19. The van der Waals surface area contributed by atoms with Crippen LogP contribution in [0.5, 0.6) is 0 Å². The van der Waals surface area contributed by atoms with Crippen molar-refractivity contribution in [2.24, 2.45) is 0 Å². The average Bonchev–Trinajstić information content (AvgIpc) is 2.14. The highest BCUT2D eigenvalue weighted by Crippen LogP contribution is 2.09. The van der Waals surface area contributed by atoms with Crippen LogP contribution in [-0.4, -0.2) is 12.5 Å². The summed E-state index contributed by atoms with van der Waals surface area (Å²) in [5.41, 5.74) is 0. The first-order valence-corrected chi connectivity index (χ1v) is 2.85. The van der Waals surface area contributed by atoms with Gasteiger partial charge in [-0.25, -0.2) is 0 Å². The molecule has 0 aromatic heterocycles. The summed E-state index contributed by atoms with van der Waals surface area (Å²) >= 11 is 5.41. The fourth-order valence-corrected chi connectivity index (χ4v) is 0.748. The normalized spacial score (nSPS) is 18.7. The van der Waals surface area contributed by atoms with Gasteiger partial charge >= 0.3 is 0 Å². The minimum absolute atomic E-state index is 0.528. The van der Waals surface area contributed by atoms with Crippen LogP contribution in [-0.2, 0) is 4.74 Å². The van der Waals surface area contributed by atoms with Crippen LogP contribution in [0.25, 0.3) is 0 Å². The van der Waals surface area contributed by atoms with E-state index in [2.05, 4.69) is 0 Å². The molecule has 0 radical (unpaired) electrons. The van der Waals surface area contributed by atoms with E-state index in [4.69, 9.17) is 16.3 Å². The lowest BCUT2D eigenvalue weighted by molar-refractivity contribution is 0.248. The van der Waals surface area contributed by atoms with E-state index in [-0.39, 0.29) is 0 Å². The summed E-state index contributed by atoms with van der Waals surface area (Å²) in [5, 5.41) is 0. The van der Waals surface area contributed by atoms with Crippen molar-refractivity contribution in [1.29, 1.82) is 0 Å². The molecule has 1 nitrogen and oxygen atoms in total. The van der Waals surface area contributed by atoms with E-state index in [0.717, 1.165) is 18.8 Å². The summed E-state index contributed by atoms with van der Waals surface area (Å²) in [5.74, 6) is 1.46. The van der Waals surface area contributed by atoms with Gasteiger partial charge in [0.1, 0.15) is 5.76 Å². The van der Waals surface area contributed by atoms with Crippen molar-refractivity contribution in [1.82, 2.24) is 0 Å². The number of hydrogen-bond donors (Lipinski definition) is 0. The van der Waals surface area contributed by atoms with E-state index < -0.39 is 0 Å². The molecule has 2 heteroatoms. The molecule has 7 heavy (non-hydrogen) atoms. The smallest absolute Gasteiger partial charge is 0.107 e. The standard InChI is InChI=1S/C5H7ClO/c6-4-5-2-1-3-7-5/h2H,1,3-4H2. The molecule has 0 aliphatic carbocycles. The zero-order valence-corrected chi connectivity index (χ0v) is 4.74. The number of hydrogen-bond acceptors (Lipinski definition) is 1. The molecular weight excluding hydrogens is 112 g/mol. The van der Waals surface area contributed by atoms with Gasteiger partial charge in [0.25, 0.3) is 0 Å². The van der Waals surface area contributed by atoms with Crippen molar-refractivity contribution in [3.8, 4) is 0 Å². The summed E-state index contributed by atoms with van der Waals surface area (Å²) in [6, 6.07) is 0. The first-order chi connectivity index (χ1) is 3.43. The predicted octanol–water partition coefficient (Wildman–Crippen LogP) is 1.53. The molecule has 0 spiro atoms. The van der Waals surface area contributed by atoms with Crippen molar-refractivity contribution in [2.45, 2.75) is 6.42 Å². The van der Waals surface area contributed by atoms with E-state index in [9.17, 15) is 0 Å². The Morgan fingerprint density at radius 2 is 2.71 bits per heavy atom. The summed E-state index contributed by atoms with van der Waals surface area (Å²) in [7, 11) is 0. The van der Waals surface area contributed by atoms with Crippen LogP contribution in [0.1, 0.15) is 6.42 Å². The van der Waals surface area contributed by atoms with Crippen LogP contribution in [0, 0.1) is 0 Å². The lowest BCUT2D eigenvalue weighted by Crippen LogP contribution is -1.83. The summed E-state index contributed by atoms with van der Waals surface area (Å²) in [4.78, 5) is 0. The van der Waals surface area contributed by atoms with Crippen LogP contribution < -0.4 is 0 Å². The molecular formula is C5H7ClO. The van der Waals surface area contributed by atoms with E-state index in [0.29, 0.717) is 5.88 Å². The molecule has 1 aliphatic heterocycles. The average molecular weight is 119 g/mol. The highest BCUT2D eigenvalue weighted by Gasteiger charge is 2.00. The Morgan fingerprint density at radius 1 is 1.86 bits per heavy atom. The van der Waals surface area contributed by atoms with E-state index in [1.54, 1.807) is 0 Å². The van der Waals surface area contributed by atoms with Crippen molar-refractivity contribution in [3.63, 3.8) is 0 Å². The molecule has 0 bridgehead atoms. The van der Waals surface area contributed by atoms with Crippen LogP contribution in [0.4, 0.5) is 0 Å². The van der Waals surface area contributed by atoms with E-state index in [1.165, 1.54) is 0 Å². The number of alkyl halides is 1. The maximum absolute atomic E-state index is 5.41. The predicted molar refractivity (Wildman–Crippen MR) is 29.4 cm³/mol. The maximum atomic E-state index is 5.41. The summed E-state index contributed by atoms with van der Waals surface area (Å²) < 4.78 is 5.03. The Balaban J connectivity index is 2.36. The van der Waals surface area contributed by atoms with E-state index in [1.807, 2.05) is 6.08 Å². The second-order valence-corrected chi connectivity index (χ2v) is 1.71. The third-order valence-corrected chi connectivity index (χ3v) is 1.17. The summed E-state index contributed by atoms with van der Waals surface area (Å²) in [6.45, 7) is 0.821. The highest BCUT2D eigenvalue weighted by atomic mass is 35.5. The lowest BCUT2D eigenvalue weighted by atomic mass is 10.4. The zero-order chi connectivity index (χ0) is 5.11.